The van der Waals surface area contributed by atoms with Gasteiger partial charge in [-0.05, 0) is 32.1 Å². The quantitative estimate of drug-likeness (QED) is 0.701. The van der Waals surface area contributed by atoms with Gasteiger partial charge in [-0.1, -0.05) is 13.3 Å². The number of carbonyl (C=O) groups excluding carboxylic acids is 1. The number of amides is 1. The largest absolute Gasteiger partial charge is 0.365 e. The molecule has 1 amide bonds. The van der Waals surface area contributed by atoms with E-state index in [4.69, 9.17) is 0 Å². The van der Waals surface area contributed by atoms with Gasteiger partial charge in [0.15, 0.2) is 5.82 Å². The predicted octanol–water partition coefficient (Wildman–Crippen LogP) is 2.11. The van der Waals surface area contributed by atoms with Crippen molar-refractivity contribution in [3.63, 3.8) is 0 Å². The third kappa shape index (κ3) is 4.94. The minimum atomic E-state index is -1.35. The van der Waals surface area contributed by atoms with Crippen molar-refractivity contribution in [2.75, 3.05) is 32.5 Å². The molecule has 1 unspecified atom stereocenters. The highest BCUT2D eigenvalue weighted by molar-refractivity contribution is 5.76. The summed E-state index contributed by atoms with van der Waals surface area (Å²) in [5.41, 5.74) is -0.476. The van der Waals surface area contributed by atoms with E-state index in [1.54, 1.807) is 4.52 Å². The first-order chi connectivity index (χ1) is 12.9. The van der Waals surface area contributed by atoms with Crippen molar-refractivity contribution in [3.05, 3.63) is 24.7 Å². The molecule has 2 heterocycles. The fourth-order valence-electron chi connectivity index (χ4n) is 3.69. The molecule has 1 saturated carbocycles. The second-order valence-electron chi connectivity index (χ2n) is 7.86. The molecule has 0 spiro atoms. The standard InChI is InChI=1S/C19H29FN6O/c1-4-14(11-25(2)3)8-17(27)21-12-19(20)9-15(10-19)24-18-16-6-5-7-26(16)23-13-22-18/h5-7,13-15H,4,8-12H2,1-3H3,(H,21,27)(H,22,23,24). The topological polar surface area (TPSA) is 74.6 Å². The van der Waals surface area contributed by atoms with Crippen LogP contribution in [0, 0.1) is 5.92 Å². The second kappa shape index (κ2) is 8.21. The third-order valence-corrected chi connectivity index (χ3v) is 5.18. The van der Waals surface area contributed by atoms with Gasteiger partial charge < -0.3 is 15.5 Å². The molecule has 0 aliphatic heterocycles. The number of carbonyl (C=O) groups is 1. The normalized spacial score (nSPS) is 23.2. The molecule has 0 radical (unpaired) electrons. The lowest BCUT2D eigenvalue weighted by atomic mass is 9.77. The lowest BCUT2D eigenvalue weighted by Crippen LogP contribution is -2.54. The van der Waals surface area contributed by atoms with E-state index in [1.807, 2.05) is 32.4 Å². The fraction of sp³-hybridized carbons (Fsp3) is 0.632. The molecule has 3 rings (SSSR count). The molecule has 2 aromatic heterocycles. The number of fused-ring (bicyclic) bond motifs is 1. The smallest absolute Gasteiger partial charge is 0.220 e. The number of nitrogens with one attached hydrogen (secondary N) is 2. The van der Waals surface area contributed by atoms with Gasteiger partial charge in [-0.15, -0.1) is 0 Å². The Bertz CT molecular complexity index is 770. The van der Waals surface area contributed by atoms with Crippen LogP contribution >= 0.6 is 0 Å². The van der Waals surface area contributed by atoms with Crippen LogP contribution in [0.5, 0.6) is 0 Å². The van der Waals surface area contributed by atoms with Gasteiger partial charge in [-0.3, -0.25) is 4.79 Å². The van der Waals surface area contributed by atoms with Crippen LogP contribution in [0.1, 0.15) is 32.6 Å². The summed E-state index contributed by atoms with van der Waals surface area (Å²) in [4.78, 5) is 18.5. The Labute approximate surface area is 159 Å². The molecule has 0 bridgehead atoms. The summed E-state index contributed by atoms with van der Waals surface area (Å²) in [6, 6.07) is 3.82. The zero-order chi connectivity index (χ0) is 19.4. The van der Waals surface area contributed by atoms with Gasteiger partial charge in [-0.2, -0.15) is 5.10 Å². The number of nitrogens with zero attached hydrogens (tertiary/aromatic N) is 4. The molecule has 1 fully saturated rings. The molecule has 0 aromatic carbocycles. The van der Waals surface area contributed by atoms with Crippen LogP contribution in [0.2, 0.25) is 0 Å². The summed E-state index contributed by atoms with van der Waals surface area (Å²) >= 11 is 0. The van der Waals surface area contributed by atoms with E-state index in [0.29, 0.717) is 31.0 Å². The first-order valence-corrected chi connectivity index (χ1v) is 9.54. The molecule has 2 N–H and O–H groups in total. The van der Waals surface area contributed by atoms with Gasteiger partial charge in [0.05, 0.1) is 6.54 Å². The summed E-state index contributed by atoms with van der Waals surface area (Å²) in [5.74, 6) is 0.942. The lowest BCUT2D eigenvalue weighted by molar-refractivity contribution is -0.123. The van der Waals surface area contributed by atoms with E-state index in [1.165, 1.54) is 6.33 Å². The fourth-order valence-corrected chi connectivity index (χ4v) is 3.69. The Kier molecular flexibility index (Phi) is 5.94. The average molecular weight is 376 g/mol. The minimum absolute atomic E-state index is 0.0117. The van der Waals surface area contributed by atoms with Gasteiger partial charge in [0.1, 0.15) is 17.5 Å². The van der Waals surface area contributed by atoms with E-state index < -0.39 is 5.67 Å². The molecule has 8 heteroatoms. The Hall–Kier alpha value is -2.22. The summed E-state index contributed by atoms with van der Waals surface area (Å²) < 4.78 is 16.5. The van der Waals surface area contributed by atoms with Gasteiger partial charge in [0.2, 0.25) is 5.91 Å². The Morgan fingerprint density at radius 2 is 2.26 bits per heavy atom. The van der Waals surface area contributed by atoms with Crippen LogP contribution in [0.3, 0.4) is 0 Å². The maximum absolute atomic E-state index is 14.8. The van der Waals surface area contributed by atoms with Crippen LogP contribution in [0.15, 0.2) is 24.7 Å². The van der Waals surface area contributed by atoms with Crippen LogP contribution in [0.4, 0.5) is 10.2 Å². The molecule has 7 nitrogen and oxygen atoms in total. The Balaban J connectivity index is 1.44. The van der Waals surface area contributed by atoms with Crippen molar-refractivity contribution in [2.45, 2.75) is 44.3 Å². The Morgan fingerprint density at radius 3 is 2.96 bits per heavy atom. The number of anilines is 1. The summed E-state index contributed by atoms with van der Waals surface area (Å²) in [6.45, 7) is 3.02. The molecule has 148 valence electrons. The van der Waals surface area contributed by atoms with E-state index in [2.05, 4.69) is 32.5 Å². The maximum atomic E-state index is 14.8. The van der Waals surface area contributed by atoms with Crippen LogP contribution in [0.25, 0.3) is 5.52 Å². The van der Waals surface area contributed by atoms with E-state index in [9.17, 15) is 9.18 Å². The van der Waals surface area contributed by atoms with E-state index in [-0.39, 0.29) is 18.5 Å². The zero-order valence-electron chi connectivity index (χ0n) is 16.3. The summed E-state index contributed by atoms with van der Waals surface area (Å²) in [7, 11) is 4.00. The SMILES string of the molecule is CCC(CC(=O)NCC1(F)CC(Nc2ncnn3cccc23)C1)CN(C)C. The van der Waals surface area contributed by atoms with Crippen LogP contribution in [-0.4, -0.2) is 64.3 Å². The maximum Gasteiger partial charge on any atom is 0.220 e. The average Bonchev–Trinajstić information content (AvgIpc) is 3.07. The number of alkyl halides is 1. The van der Waals surface area contributed by atoms with Crippen molar-refractivity contribution in [1.29, 1.82) is 0 Å². The zero-order valence-corrected chi connectivity index (χ0v) is 16.3. The second-order valence-corrected chi connectivity index (χ2v) is 7.86. The molecule has 0 saturated heterocycles. The first kappa shape index (κ1) is 19.5. The number of halogens is 1. The van der Waals surface area contributed by atoms with E-state index >= 15 is 0 Å². The van der Waals surface area contributed by atoms with Crippen molar-refractivity contribution in [3.8, 4) is 0 Å². The molecule has 1 atom stereocenters. The molecule has 2 aromatic rings. The first-order valence-electron chi connectivity index (χ1n) is 9.54. The van der Waals surface area contributed by atoms with Crippen molar-refractivity contribution >= 4 is 17.2 Å². The van der Waals surface area contributed by atoms with Crippen LogP contribution < -0.4 is 10.6 Å². The van der Waals surface area contributed by atoms with Crippen LogP contribution in [-0.2, 0) is 4.79 Å². The molecular formula is C19H29FN6O. The molecule has 1 aliphatic rings. The molecule has 1 aliphatic carbocycles. The Morgan fingerprint density at radius 1 is 1.48 bits per heavy atom. The molecular weight excluding hydrogens is 347 g/mol. The number of hydrogen-bond donors (Lipinski definition) is 2. The van der Waals surface area contributed by atoms with Crippen molar-refractivity contribution in [1.82, 2.24) is 24.8 Å². The highest BCUT2D eigenvalue weighted by atomic mass is 19.1. The van der Waals surface area contributed by atoms with Gasteiger partial charge >= 0.3 is 0 Å². The van der Waals surface area contributed by atoms with E-state index in [0.717, 1.165) is 18.5 Å². The van der Waals surface area contributed by atoms with Crippen molar-refractivity contribution in [2.24, 2.45) is 5.92 Å². The number of rotatable bonds is 9. The van der Waals surface area contributed by atoms with Gasteiger partial charge in [0, 0.05) is 38.0 Å². The lowest BCUT2D eigenvalue weighted by Gasteiger charge is -2.42. The highest BCUT2D eigenvalue weighted by Gasteiger charge is 2.45. The van der Waals surface area contributed by atoms with Gasteiger partial charge in [-0.25, -0.2) is 13.9 Å². The monoisotopic (exact) mass is 376 g/mol. The third-order valence-electron chi connectivity index (χ3n) is 5.18. The highest BCUT2D eigenvalue weighted by Crippen LogP contribution is 2.37. The minimum Gasteiger partial charge on any atom is -0.365 e. The predicted molar refractivity (Wildman–Crippen MR) is 103 cm³/mol. The van der Waals surface area contributed by atoms with Crippen molar-refractivity contribution < 1.29 is 9.18 Å². The molecule has 27 heavy (non-hydrogen) atoms. The van der Waals surface area contributed by atoms with Gasteiger partial charge in [0.25, 0.3) is 0 Å². The summed E-state index contributed by atoms with van der Waals surface area (Å²) in [6.07, 6.45) is 5.43. The number of aromatic nitrogens is 3. The summed E-state index contributed by atoms with van der Waals surface area (Å²) in [5, 5.41) is 10.2. The number of hydrogen-bond acceptors (Lipinski definition) is 5.